The molecule has 0 aliphatic heterocycles. The summed E-state index contributed by atoms with van der Waals surface area (Å²) in [5, 5.41) is 8.78. The van der Waals surface area contributed by atoms with Crippen molar-refractivity contribution in [1.29, 1.82) is 0 Å². The van der Waals surface area contributed by atoms with E-state index in [1.165, 1.54) is 24.3 Å². The van der Waals surface area contributed by atoms with E-state index >= 15 is 0 Å². The van der Waals surface area contributed by atoms with Crippen LogP contribution in [0.1, 0.15) is 17.9 Å². The zero-order valence-electron chi connectivity index (χ0n) is 7.96. The molecule has 0 heterocycles. The van der Waals surface area contributed by atoms with E-state index in [2.05, 4.69) is 0 Å². The van der Waals surface area contributed by atoms with Crippen LogP contribution in [0, 0.1) is 0 Å². The highest BCUT2D eigenvalue weighted by Gasteiger charge is 2.36. The van der Waals surface area contributed by atoms with Crippen molar-refractivity contribution < 1.29 is 23.1 Å². The first-order chi connectivity index (χ1) is 7.31. The second-order valence-electron chi connectivity index (χ2n) is 3.23. The van der Waals surface area contributed by atoms with Gasteiger partial charge in [0.25, 0.3) is 0 Å². The number of carboxylic acids is 1. The SMILES string of the molecule is O=C(O)C(CC(F)(F)F)c1ccccc1Cl. The number of rotatable bonds is 3. The van der Waals surface area contributed by atoms with Gasteiger partial charge in [0, 0.05) is 5.02 Å². The Bertz CT molecular complexity index is 390. The van der Waals surface area contributed by atoms with Gasteiger partial charge < -0.3 is 5.11 Å². The number of halogens is 4. The number of hydrogen-bond donors (Lipinski definition) is 1. The molecule has 0 aliphatic carbocycles. The molecule has 0 aromatic heterocycles. The molecule has 1 unspecified atom stereocenters. The van der Waals surface area contributed by atoms with Crippen molar-refractivity contribution in [3.63, 3.8) is 0 Å². The normalized spacial score (nSPS) is 13.5. The first-order valence-electron chi connectivity index (χ1n) is 4.35. The average Bonchev–Trinajstić information content (AvgIpc) is 2.13. The first kappa shape index (κ1) is 12.8. The molecule has 0 fully saturated rings. The van der Waals surface area contributed by atoms with Gasteiger partial charge in [-0.2, -0.15) is 13.2 Å². The number of aliphatic carboxylic acids is 1. The Kier molecular flexibility index (Phi) is 3.80. The standard InChI is InChI=1S/C10H8ClF3O2/c11-8-4-2-1-3-6(8)7(9(15)16)5-10(12,13)14/h1-4,7H,5H2,(H,15,16). The number of carbonyl (C=O) groups is 1. The van der Waals surface area contributed by atoms with Crippen LogP contribution in [0.25, 0.3) is 0 Å². The molecule has 16 heavy (non-hydrogen) atoms. The maximum absolute atomic E-state index is 12.2. The largest absolute Gasteiger partial charge is 0.481 e. The average molecular weight is 253 g/mol. The van der Waals surface area contributed by atoms with Crippen LogP contribution in [0.3, 0.4) is 0 Å². The summed E-state index contributed by atoms with van der Waals surface area (Å²) in [4.78, 5) is 10.8. The van der Waals surface area contributed by atoms with Gasteiger partial charge in [-0.05, 0) is 11.6 Å². The van der Waals surface area contributed by atoms with Crippen molar-refractivity contribution in [1.82, 2.24) is 0 Å². The predicted molar refractivity (Wildman–Crippen MR) is 52.5 cm³/mol. The van der Waals surface area contributed by atoms with Crippen LogP contribution in [0.2, 0.25) is 5.02 Å². The maximum atomic E-state index is 12.2. The zero-order chi connectivity index (χ0) is 12.3. The van der Waals surface area contributed by atoms with Crippen LogP contribution < -0.4 is 0 Å². The molecular weight excluding hydrogens is 245 g/mol. The van der Waals surface area contributed by atoms with Crippen LogP contribution in [-0.4, -0.2) is 17.3 Å². The lowest BCUT2D eigenvalue weighted by atomic mass is 9.95. The van der Waals surface area contributed by atoms with Gasteiger partial charge in [-0.3, -0.25) is 4.79 Å². The van der Waals surface area contributed by atoms with Crippen LogP contribution in [0.5, 0.6) is 0 Å². The monoisotopic (exact) mass is 252 g/mol. The molecule has 2 nitrogen and oxygen atoms in total. The van der Waals surface area contributed by atoms with E-state index in [1.54, 1.807) is 0 Å². The zero-order valence-corrected chi connectivity index (χ0v) is 8.72. The van der Waals surface area contributed by atoms with Crippen LogP contribution in [-0.2, 0) is 4.79 Å². The van der Waals surface area contributed by atoms with Gasteiger partial charge in [0.2, 0.25) is 0 Å². The Morgan fingerprint density at radius 2 is 1.94 bits per heavy atom. The second kappa shape index (κ2) is 4.74. The van der Waals surface area contributed by atoms with E-state index in [1.807, 2.05) is 0 Å². The van der Waals surface area contributed by atoms with Crippen molar-refractivity contribution in [2.45, 2.75) is 18.5 Å². The molecule has 1 N–H and O–H groups in total. The molecule has 1 atom stereocenters. The minimum Gasteiger partial charge on any atom is -0.481 e. The lowest BCUT2D eigenvalue weighted by Crippen LogP contribution is -2.20. The molecular formula is C10H8ClF3O2. The van der Waals surface area contributed by atoms with Crippen molar-refractivity contribution in [2.75, 3.05) is 0 Å². The fraction of sp³-hybridized carbons (Fsp3) is 0.300. The van der Waals surface area contributed by atoms with Gasteiger partial charge in [-0.15, -0.1) is 0 Å². The summed E-state index contributed by atoms with van der Waals surface area (Å²) in [5.41, 5.74) is -0.0195. The molecule has 0 spiro atoms. The molecule has 1 aromatic carbocycles. The number of alkyl halides is 3. The quantitative estimate of drug-likeness (QED) is 0.894. The van der Waals surface area contributed by atoms with E-state index in [9.17, 15) is 18.0 Å². The van der Waals surface area contributed by atoms with E-state index in [0.29, 0.717) is 0 Å². The highest BCUT2D eigenvalue weighted by molar-refractivity contribution is 6.31. The Balaban J connectivity index is 3.04. The lowest BCUT2D eigenvalue weighted by molar-refractivity contribution is -0.157. The third-order valence-electron chi connectivity index (χ3n) is 2.01. The Morgan fingerprint density at radius 3 is 2.38 bits per heavy atom. The number of hydrogen-bond acceptors (Lipinski definition) is 1. The smallest absolute Gasteiger partial charge is 0.390 e. The minimum atomic E-state index is -4.54. The van der Waals surface area contributed by atoms with Crippen LogP contribution in [0.4, 0.5) is 13.2 Å². The highest BCUT2D eigenvalue weighted by atomic mass is 35.5. The second-order valence-corrected chi connectivity index (χ2v) is 3.64. The molecule has 6 heteroatoms. The highest BCUT2D eigenvalue weighted by Crippen LogP contribution is 2.34. The summed E-state index contributed by atoms with van der Waals surface area (Å²) in [6.45, 7) is 0. The van der Waals surface area contributed by atoms with Crippen LogP contribution >= 0.6 is 11.6 Å². The van der Waals surface area contributed by atoms with Gasteiger partial charge >= 0.3 is 12.1 Å². The molecule has 0 radical (unpaired) electrons. The fourth-order valence-corrected chi connectivity index (χ4v) is 1.59. The molecule has 0 amide bonds. The van der Waals surface area contributed by atoms with Crippen molar-refractivity contribution in [2.24, 2.45) is 0 Å². The molecule has 1 rings (SSSR count). The number of benzene rings is 1. The molecule has 0 bridgehead atoms. The summed E-state index contributed by atoms with van der Waals surface area (Å²) in [7, 11) is 0. The third kappa shape index (κ3) is 3.41. The molecule has 1 aromatic rings. The Hall–Kier alpha value is -1.23. The van der Waals surface area contributed by atoms with E-state index in [4.69, 9.17) is 16.7 Å². The molecule has 0 aliphatic rings. The number of carboxylic acid groups (broad SMARTS) is 1. The summed E-state index contributed by atoms with van der Waals surface area (Å²) < 4.78 is 36.5. The predicted octanol–water partition coefficient (Wildman–Crippen LogP) is 3.46. The summed E-state index contributed by atoms with van der Waals surface area (Å²) in [5.74, 6) is -3.20. The van der Waals surface area contributed by atoms with Crippen molar-refractivity contribution in [3.8, 4) is 0 Å². The Labute approximate surface area is 94.6 Å². The molecule has 88 valence electrons. The Morgan fingerprint density at radius 1 is 1.38 bits per heavy atom. The fourth-order valence-electron chi connectivity index (χ4n) is 1.32. The van der Waals surface area contributed by atoms with Crippen molar-refractivity contribution >= 4 is 17.6 Å². The van der Waals surface area contributed by atoms with Crippen molar-refractivity contribution in [3.05, 3.63) is 34.9 Å². The van der Waals surface area contributed by atoms with Gasteiger partial charge in [0.15, 0.2) is 0 Å². The van der Waals surface area contributed by atoms with E-state index in [-0.39, 0.29) is 10.6 Å². The minimum absolute atomic E-state index is 0.0195. The third-order valence-corrected chi connectivity index (χ3v) is 2.36. The molecule has 0 saturated carbocycles. The topological polar surface area (TPSA) is 37.3 Å². The van der Waals surface area contributed by atoms with Gasteiger partial charge in [0.1, 0.15) is 0 Å². The van der Waals surface area contributed by atoms with Gasteiger partial charge in [-0.25, -0.2) is 0 Å². The summed E-state index contributed by atoms with van der Waals surface area (Å²) in [6.07, 6.45) is -5.96. The maximum Gasteiger partial charge on any atom is 0.390 e. The van der Waals surface area contributed by atoms with E-state index < -0.39 is 24.5 Å². The molecule has 0 saturated heterocycles. The first-order valence-corrected chi connectivity index (χ1v) is 4.73. The van der Waals surface area contributed by atoms with Gasteiger partial charge in [-0.1, -0.05) is 29.8 Å². The summed E-state index contributed by atoms with van der Waals surface area (Å²) >= 11 is 5.66. The van der Waals surface area contributed by atoms with E-state index in [0.717, 1.165) is 0 Å². The lowest BCUT2D eigenvalue weighted by Gasteiger charge is -2.15. The van der Waals surface area contributed by atoms with Gasteiger partial charge in [0.05, 0.1) is 12.3 Å². The van der Waals surface area contributed by atoms with Crippen LogP contribution in [0.15, 0.2) is 24.3 Å². The summed E-state index contributed by atoms with van der Waals surface area (Å²) in [6, 6.07) is 5.63.